The van der Waals surface area contributed by atoms with E-state index in [0.717, 1.165) is 18.7 Å². The molecule has 6 heteroatoms. The fourth-order valence-corrected chi connectivity index (χ4v) is 2.06. The van der Waals surface area contributed by atoms with Crippen LogP contribution in [0.3, 0.4) is 0 Å². The number of carbonyl (C=O) groups is 1. The largest absolute Gasteiger partial charge is 0.384 e. The Kier molecular flexibility index (Phi) is 5.42. The maximum atomic E-state index is 12.3. The summed E-state index contributed by atoms with van der Waals surface area (Å²) in [5, 5.41) is 6.82. The van der Waals surface area contributed by atoms with Gasteiger partial charge in [0.05, 0.1) is 21.3 Å². The molecule has 0 saturated carbocycles. The van der Waals surface area contributed by atoms with Crippen LogP contribution in [0, 0.1) is 0 Å². The highest BCUT2D eigenvalue weighted by Gasteiger charge is 2.12. The Morgan fingerprint density at radius 2 is 2.05 bits per heavy atom. The zero-order chi connectivity index (χ0) is 15.2. The Bertz CT molecular complexity index is 647. The number of nitrogens with zero attached hydrogens (tertiary/aromatic N) is 1. The standard InChI is InChI=1S/C15H15Cl2N3O/c1-2-6-19-14-5-7-18-9-11(14)15(21)20-10-3-4-12(16)13(17)8-10/h3-5,7-9H,2,6H2,1H3,(H,18,19)(H,20,21). The van der Waals surface area contributed by atoms with Crippen molar-refractivity contribution in [2.24, 2.45) is 0 Å². The first-order chi connectivity index (χ1) is 10.1. The molecule has 2 rings (SSSR count). The molecule has 0 aliphatic heterocycles. The van der Waals surface area contributed by atoms with Crippen molar-refractivity contribution in [1.82, 2.24) is 4.98 Å². The molecule has 1 amide bonds. The summed E-state index contributed by atoms with van der Waals surface area (Å²) in [5.74, 6) is -0.250. The summed E-state index contributed by atoms with van der Waals surface area (Å²) in [4.78, 5) is 16.3. The number of rotatable bonds is 5. The van der Waals surface area contributed by atoms with Crippen molar-refractivity contribution < 1.29 is 4.79 Å². The Morgan fingerprint density at radius 3 is 2.76 bits per heavy atom. The van der Waals surface area contributed by atoms with Crippen LogP contribution in [0.15, 0.2) is 36.7 Å². The molecule has 0 saturated heterocycles. The topological polar surface area (TPSA) is 54.0 Å². The van der Waals surface area contributed by atoms with Crippen molar-refractivity contribution in [2.45, 2.75) is 13.3 Å². The van der Waals surface area contributed by atoms with Crippen LogP contribution in [-0.4, -0.2) is 17.4 Å². The van der Waals surface area contributed by atoms with Crippen molar-refractivity contribution in [1.29, 1.82) is 0 Å². The summed E-state index contributed by atoms with van der Waals surface area (Å²) in [6, 6.07) is 6.72. The van der Waals surface area contributed by atoms with Gasteiger partial charge in [-0.25, -0.2) is 0 Å². The van der Waals surface area contributed by atoms with Gasteiger partial charge in [0.25, 0.3) is 5.91 Å². The minimum atomic E-state index is -0.250. The summed E-state index contributed by atoms with van der Waals surface area (Å²) in [7, 11) is 0. The average Bonchev–Trinajstić information content (AvgIpc) is 2.49. The second-order valence-electron chi connectivity index (χ2n) is 4.43. The van der Waals surface area contributed by atoms with Crippen molar-refractivity contribution in [3.05, 3.63) is 52.3 Å². The summed E-state index contributed by atoms with van der Waals surface area (Å²) in [6.45, 7) is 2.85. The van der Waals surface area contributed by atoms with Gasteiger partial charge < -0.3 is 10.6 Å². The van der Waals surface area contributed by atoms with Gasteiger partial charge in [0.15, 0.2) is 0 Å². The van der Waals surface area contributed by atoms with E-state index in [9.17, 15) is 4.79 Å². The molecule has 0 bridgehead atoms. The molecule has 1 aromatic heterocycles. The molecule has 1 aromatic carbocycles. The van der Waals surface area contributed by atoms with E-state index in [1.165, 1.54) is 6.20 Å². The molecule has 0 spiro atoms. The number of carbonyl (C=O) groups excluding carboxylic acids is 1. The first-order valence-electron chi connectivity index (χ1n) is 6.56. The van der Waals surface area contributed by atoms with Gasteiger partial charge in [-0.1, -0.05) is 30.1 Å². The number of pyridine rings is 1. The number of benzene rings is 1. The number of aromatic nitrogens is 1. The van der Waals surface area contributed by atoms with E-state index in [4.69, 9.17) is 23.2 Å². The smallest absolute Gasteiger partial charge is 0.259 e. The van der Waals surface area contributed by atoms with Gasteiger partial charge in [-0.15, -0.1) is 0 Å². The van der Waals surface area contributed by atoms with E-state index in [1.807, 2.05) is 0 Å². The molecule has 0 unspecified atom stereocenters. The summed E-state index contributed by atoms with van der Waals surface area (Å²) in [6.07, 6.45) is 4.15. The molecule has 2 N–H and O–H groups in total. The average molecular weight is 324 g/mol. The van der Waals surface area contributed by atoms with Gasteiger partial charge in [0.2, 0.25) is 0 Å². The molecule has 2 aromatic rings. The van der Waals surface area contributed by atoms with Gasteiger partial charge in [-0.2, -0.15) is 0 Å². The second-order valence-corrected chi connectivity index (χ2v) is 5.25. The van der Waals surface area contributed by atoms with Crippen molar-refractivity contribution in [2.75, 3.05) is 17.2 Å². The highest BCUT2D eigenvalue weighted by molar-refractivity contribution is 6.42. The molecule has 0 radical (unpaired) electrons. The Labute approximate surface area is 133 Å². The Balaban J connectivity index is 2.18. The molecular formula is C15H15Cl2N3O. The van der Waals surface area contributed by atoms with E-state index >= 15 is 0 Å². The fourth-order valence-electron chi connectivity index (χ4n) is 1.76. The summed E-state index contributed by atoms with van der Waals surface area (Å²) in [5.41, 5.74) is 1.82. The van der Waals surface area contributed by atoms with E-state index in [2.05, 4.69) is 22.5 Å². The van der Waals surface area contributed by atoms with Crippen LogP contribution in [0.2, 0.25) is 10.0 Å². The second kappa shape index (κ2) is 7.29. The Hall–Kier alpha value is -1.78. The molecule has 0 aliphatic rings. The minimum Gasteiger partial charge on any atom is -0.384 e. The minimum absolute atomic E-state index is 0.250. The predicted molar refractivity (Wildman–Crippen MR) is 87.4 cm³/mol. The van der Waals surface area contributed by atoms with E-state index in [1.54, 1.807) is 30.5 Å². The van der Waals surface area contributed by atoms with Crippen LogP contribution in [0.4, 0.5) is 11.4 Å². The zero-order valence-electron chi connectivity index (χ0n) is 11.5. The molecule has 0 fully saturated rings. The zero-order valence-corrected chi connectivity index (χ0v) is 13.0. The molecule has 0 atom stereocenters. The van der Waals surface area contributed by atoms with Gasteiger partial charge in [0, 0.05) is 24.6 Å². The van der Waals surface area contributed by atoms with Crippen LogP contribution in [0.5, 0.6) is 0 Å². The number of hydrogen-bond acceptors (Lipinski definition) is 3. The third-order valence-corrected chi connectivity index (χ3v) is 3.55. The van der Waals surface area contributed by atoms with Crippen LogP contribution in [0.1, 0.15) is 23.7 Å². The molecule has 110 valence electrons. The van der Waals surface area contributed by atoms with Crippen LogP contribution >= 0.6 is 23.2 Å². The van der Waals surface area contributed by atoms with Crippen LogP contribution in [0.25, 0.3) is 0 Å². The molecule has 4 nitrogen and oxygen atoms in total. The van der Waals surface area contributed by atoms with Crippen molar-refractivity contribution >= 4 is 40.5 Å². The lowest BCUT2D eigenvalue weighted by molar-refractivity contribution is 0.102. The highest BCUT2D eigenvalue weighted by Crippen LogP contribution is 2.25. The molecular weight excluding hydrogens is 309 g/mol. The lowest BCUT2D eigenvalue weighted by Crippen LogP contribution is -2.15. The number of hydrogen-bond donors (Lipinski definition) is 2. The van der Waals surface area contributed by atoms with Crippen LogP contribution < -0.4 is 10.6 Å². The van der Waals surface area contributed by atoms with Gasteiger partial charge in [-0.05, 0) is 30.7 Å². The maximum Gasteiger partial charge on any atom is 0.259 e. The third-order valence-electron chi connectivity index (χ3n) is 2.81. The lowest BCUT2D eigenvalue weighted by Gasteiger charge is -2.11. The molecule has 1 heterocycles. The predicted octanol–water partition coefficient (Wildman–Crippen LogP) is 4.46. The van der Waals surface area contributed by atoms with Crippen LogP contribution in [-0.2, 0) is 0 Å². The number of anilines is 2. The fraction of sp³-hybridized carbons (Fsp3) is 0.200. The number of nitrogens with one attached hydrogen (secondary N) is 2. The lowest BCUT2D eigenvalue weighted by atomic mass is 10.2. The number of amides is 1. The number of halogens is 2. The summed E-state index contributed by atoms with van der Waals surface area (Å²) >= 11 is 11.8. The monoisotopic (exact) mass is 323 g/mol. The van der Waals surface area contributed by atoms with E-state index in [-0.39, 0.29) is 5.91 Å². The third kappa shape index (κ3) is 4.09. The first-order valence-corrected chi connectivity index (χ1v) is 7.31. The molecule has 21 heavy (non-hydrogen) atoms. The normalized spacial score (nSPS) is 10.2. The first kappa shape index (κ1) is 15.6. The van der Waals surface area contributed by atoms with Gasteiger partial charge in [-0.3, -0.25) is 9.78 Å². The van der Waals surface area contributed by atoms with E-state index < -0.39 is 0 Å². The van der Waals surface area contributed by atoms with Crippen molar-refractivity contribution in [3.8, 4) is 0 Å². The maximum absolute atomic E-state index is 12.3. The van der Waals surface area contributed by atoms with Gasteiger partial charge in [0.1, 0.15) is 0 Å². The van der Waals surface area contributed by atoms with E-state index in [0.29, 0.717) is 21.3 Å². The quantitative estimate of drug-likeness (QED) is 0.853. The SMILES string of the molecule is CCCNc1ccncc1C(=O)Nc1ccc(Cl)c(Cl)c1. The highest BCUT2D eigenvalue weighted by atomic mass is 35.5. The van der Waals surface area contributed by atoms with Gasteiger partial charge >= 0.3 is 0 Å². The summed E-state index contributed by atoms with van der Waals surface area (Å²) < 4.78 is 0. The Morgan fingerprint density at radius 1 is 1.24 bits per heavy atom. The molecule has 0 aliphatic carbocycles. The van der Waals surface area contributed by atoms with Crippen molar-refractivity contribution in [3.63, 3.8) is 0 Å².